The van der Waals surface area contributed by atoms with E-state index in [-0.39, 0.29) is 0 Å². The molecule has 0 rings (SSSR count). The van der Waals surface area contributed by atoms with E-state index < -0.39 is 21.2 Å². The van der Waals surface area contributed by atoms with Crippen molar-refractivity contribution in [2.24, 2.45) is 0 Å². The van der Waals surface area contributed by atoms with E-state index in [4.69, 9.17) is 8.85 Å². The largest absolute Gasteiger partial charge is 0.484 e. The molecule has 0 heterocycles. The van der Waals surface area contributed by atoms with E-state index >= 15 is 0 Å². The van der Waals surface area contributed by atoms with Crippen molar-refractivity contribution in [3.8, 4) is 0 Å². The molecule has 0 aromatic carbocycles. The zero-order valence-electron chi connectivity index (χ0n) is 8.36. The van der Waals surface area contributed by atoms with Gasteiger partial charge in [0.2, 0.25) is 0 Å². The van der Waals surface area contributed by atoms with Crippen molar-refractivity contribution in [2.75, 3.05) is 0 Å². The third-order valence-corrected chi connectivity index (χ3v) is 2.88. The predicted molar refractivity (Wildman–Crippen MR) is 54.6 cm³/mol. The number of allylic oxidation sites excluding steroid dienone is 2. The highest BCUT2D eigenvalue weighted by Crippen LogP contribution is 1.95. The fourth-order valence-corrected chi connectivity index (χ4v) is 1.95. The Morgan fingerprint density at radius 2 is 1.79 bits per heavy atom. The van der Waals surface area contributed by atoms with Crippen LogP contribution in [0.25, 0.3) is 0 Å². The normalized spacial score (nSPS) is 10.2. The third-order valence-electron chi connectivity index (χ3n) is 1.16. The number of hydrogen-bond donors (Lipinski definition) is 0. The van der Waals surface area contributed by atoms with Gasteiger partial charge in [0, 0.05) is 13.8 Å². The van der Waals surface area contributed by atoms with Gasteiger partial charge in [-0.3, -0.25) is 9.59 Å². The molecule has 0 aliphatic rings. The van der Waals surface area contributed by atoms with E-state index in [0.29, 0.717) is 6.42 Å². The molecule has 0 radical (unpaired) electrons. The second-order valence-electron chi connectivity index (χ2n) is 2.54. The van der Waals surface area contributed by atoms with Crippen LogP contribution in [0, 0.1) is 0 Å². The summed E-state index contributed by atoms with van der Waals surface area (Å²) in [7, 11) is -2.31. The standard InChI is InChI=1S/C9H14O4Si/c1-4-5-6-7-14(12-8(2)10)13-9(3)11/h4,6-7,14H,1,5H2,2-3H3. The molecule has 0 aromatic rings. The quantitative estimate of drug-likeness (QED) is 0.506. The zero-order chi connectivity index (χ0) is 11.0. The molecule has 0 fully saturated rings. The van der Waals surface area contributed by atoms with Crippen LogP contribution < -0.4 is 0 Å². The summed E-state index contributed by atoms with van der Waals surface area (Å²) in [6.45, 7) is 6.09. The van der Waals surface area contributed by atoms with Crippen molar-refractivity contribution < 1.29 is 18.4 Å². The van der Waals surface area contributed by atoms with E-state index in [1.165, 1.54) is 13.8 Å². The minimum atomic E-state index is -2.31. The van der Waals surface area contributed by atoms with Gasteiger partial charge in [0.15, 0.2) is 0 Å². The first kappa shape index (κ1) is 12.6. The summed E-state index contributed by atoms with van der Waals surface area (Å²) < 4.78 is 9.69. The molecule has 0 atom stereocenters. The maximum Gasteiger partial charge on any atom is 0.475 e. The van der Waals surface area contributed by atoms with Crippen molar-refractivity contribution >= 4 is 21.2 Å². The zero-order valence-corrected chi connectivity index (χ0v) is 9.51. The van der Waals surface area contributed by atoms with Crippen molar-refractivity contribution in [3.63, 3.8) is 0 Å². The Hall–Kier alpha value is -1.36. The maximum absolute atomic E-state index is 10.6. The predicted octanol–water partition coefficient (Wildman–Crippen LogP) is 1.00. The van der Waals surface area contributed by atoms with Crippen LogP contribution in [-0.2, 0) is 18.4 Å². The summed E-state index contributed by atoms with van der Waals surface area (Å²) in [5.74, 6) is -0.877. The van der Waals surface area contributed by atoms with Gasteiger partial charge in [-0.2, -0.15) is 0 Å². The van der Waals surface area contributed by atoms with Crippen molar-refractivity contribution in [1.29, 1.82) is 0 Å². The molecule has 0 aromatic heterocycles. The molecule has 78 valence electrons. The average Bonchev–Trinajstić information content (AvgIpc) is 2.02. The molecule has 4 nitrogen and oxygen atoms in total. The van der Waals surface area contributed by atoms with E-state index in [1.807, 2.05) is 0 Å². The fourth-order valence-electron chi connectivity index (χ4n) is 0.716. The van der Waals surface area contributed by atoms with Gasteiger partial charge in [0.1, 0.15) is 0 Å². The summed E-state index contributed by atoms with van der Waals surface area (Å²) in [6, 6.07) is 0. The third kappa shape index (κ3) is 7.29. The topological polar surface area (TPSA) is 52.6 Å². The summed E-state index contributed by atoms with van der Waals surface area (Å²) >= 11 is 0. The molecule has 0 unspecified atom stereocenters. The lowest BCUT2D eigenvalue weighted by Crippen LogP contribution is -2.25. The molecular weight excluding hydrogens is 200 g/mol. The summed E-state index contributed by atoms with van der Waals surface area (Å²) in [5, 5.41) is 0. The Morgan fingerprint density at radius 3 is 2.14 bits per heavy atom. The lowest BCUT2D eigenvalue weighted by Gasteiger charge is -2.10. The first-order valence-electron chi connectivity index (χ1n) is 4.18. The van der Waals surface area contributed by atoms with E-state index in [0.717, 1.165) is 0 Å². The number of rotatable bonds is 5. The van der Waals surface area contributed by atoms with Crippen LogP contribution in [-0.4, -0.2) is 21.2 Å². The molecule has 0 saturated heterocycles. The molecule has 0 amide bonds. The lowest BCUT2D eigenvalue weighted by atomic mass is 10.4. The number of hydrogen-bond acceptors (Lipinski definition) is 4. The van der Waals surface area contributed by atoms with Crippen LogP contribution in [0.4, 0.5) is 0 Å². The van der Waals surface area contributed by atoms with E-state index in [1.54, 1.807) is 17.9 Å². The highest BCUT2D eigenvalue weighted by atomic mass is 28.3. The average molecular weight is 214 g/mol. The summed E-state index contributed by atoms with van der Waals surface area (Å²) in [5.41, 5.74) is 1.63. The molecule has 0 aliphatic heterocycles. The van der Waals surface area contributed by atoms with Gasteiger partial charge in [-0.1, -0.05) is 12.2 Å². The Bertz CT molecular complexity index is 231. The van der Waals surface area contributed by atoms with Gasteiger partial charge >= 0.3 is 9.28 Å². The van der Waals surface area contributed by atoms with Crippen molar-refractivity contribution in [2.45, 2.75) is 20.3 Å². The Morgan fingerprint density at radius 1 is 1.29 bits per heavy atom. The van der Waals surface area contributed by atoms with E-state index in [9.17, 15) is 9.59 Å². The van der Waals surface area contributed by atoms with Gasteiger partial charge in [0.25, 0.3) is 11.9 Å². The van der Waals surface area contributed by atoms with Crippen LogP contribution in [0.15, 0.2) is 24.4 Å². The Labute approximate surface area is 85.1 Å². The monoisotopic (exact) mass is 214 g/mol. The molecule has 0 N–H and O–H groups in total. The molecule has 0 spiro atoms. The fraction of sp³-hybridized carbons (Fsp3) is 0.333. The van der Waals surface area contributed by atoms with Crippen LogP contribution in [0.3, 0.4) is 0 Å². The molecule has 5 heteroatoms. The highest BCUT2D eigenvalue weighted by molar-refractivity contribution is 6.54. The van der Waals surface area contributed by atoms with Crippen LogP contribution in [0.2, 0.25) is 0 Å². The molecule has 0 aliphatic carbocycles. The highest BCUT2D eigenvalue weighted by Gasteiger charge is 2.15. The van der Waals surface area contributed by atoms with Crippen LogP contribution in [0.5, 0.6) is 0 Å². The van der Waals surface area contributed by atoms with Gasteiger partial charge in [-0.25, -0.2) is 0 Å². The second kappa shape index (κ2) is 7.08. The van der Waals surface area contributed by atoms with Crippen LogP contribution in [0.1, 0.15) is 20.3 Å². The lowest BCUT2D eigenvalue weighted by molar-refractivity contribution is -0.137. The molecular formula is C9H14O4Si. The molecule has 14 heavy (non-hydrogen) atoms. The SMILES string of the molecule is C=CCC=C[SiH](OC(C)=O)OC(C)=O. The first-order chi connectivity index (χ1) is 6.56. The maximum atomic E-state index is 10.6. The van der Waals surface area contributed by atoms with Crippen molar-refractivity contribution in [1.82, 2.24) is 0 Å². The van der Waals surface area contributed by atoms with Gasteiger partial charge in [-0.05, 0) is 12.1 Å². The minimum Gasteiger partial charge on any atom is -0.484 e. The van der Waals surface area contributed by atoms with Crippen LogP contribution >= 0.6 is 0 Å². The first-order valence-corrected chi connectivity index (χ1v) is 5.79. The summed E-state index contributed by atoms with van der Waals surface area (Å²) in [6.07, 6.45) is 4.12. The Balaban J connectivity index is 4.15. The number of carbonyl (C=O) groups is 2. The molecule has 0 bridgehead atoms. The smallest absolute Gasteiger partial charge is 0.475 e. The van der Waals surface area contributed by atoms with Gasteiger partial charge < -0.3 is 8.85 Å². The van der Waals surface area contributed by atoms with Gasteiger partial charge in [-0.15, -0.1) is 6.58 Å². The van der Waals surface area contributed by atoms with Crippen molar-refractivity contribution in [3.05, 3.63) is 24.4 Å². The Kier molecular flexibility index (Phi) is 6.39. The summed E-state index contributed by atoms with van der Waals surface area (Å²) in [4.78, 5) is 21.3. The van der Waals surface area contributed by atoms with Gasteiger partial charge in [0.05, 0.1) is 0 Å². The van der Waals surface area contributed by atoms with E-state index in [2.05, 4.69) is 6.58 Å². The molecule has 0 saturated carbocycles. The number of carbonyl (C=O) groups excluding carboxylic acids is 2. The second-order valence-corrected chi connectivity index (χ2v) is 4.13. The minimum absolute atomic E-state index is 0.439.